The summed E-state index contributed by atoms with van der Waals surface area (Å²) in [5.74, 6) is 0.786. The Bertz CT molecular complexity index is 283. The average molecular weight is 148 g/mol. The van der Waals surface area contributed by atoms with Crippen molar-refractivity contribution in [2.45, 2.75) is 12.8 Å². The van der Waals surface area contributed by atoms with Crippen molar-refractivity contribution in [2.75, 3.05) is 0 Å². The van der Waals surface area contributed by atoms with Crippen LogP contribution in [0.4, 0.5) is 0 Å². The number of aromatic amines is 1. The first-order valence-corrected chi connectivity index (χ1v) is 3.56. The van der Waals surface area contributed by atoms with Gasteiger partial charge in [0.1, 0.15) is 0 Å². The van der Waals surface area contributed by atoms with Gasteiger partial charge in [0.25, 0.3) is 0 Å². The van der Waals surface area contributed by atoms with Crippen molar-refractivity contribution in [2.24, 2.45) is 0 Å². The van der Waals surface area contributed by atoms with Gasteiger partial charge in [-0.3, -0.25) is 0 Å². The van der Waals surface area contributed by atoms with Gasteiger partial charge in [-0.2, -0.15) is 0 Å². The molecule has 56 valence electrons. The fourth-order valence-corrected chi connectivity index (χ4v) is 1.10. The lowest BCUT2D eigenvalue weighted by Gasteiger charge is -2.02. The Morgan fingerprint density at radius 3 is 3.09 bits per heavy atom. The van der Waals surface area contributed by atoms with Gasteiger partial charge in [0.05, 0.1) is 0 Å². The molecule has 0 bridgehead atoms. The molecule has 0 aromatic carbocycles. The summed E-state index contributed by atoms with van der Waals surface area (Å²) in [5.41, 5.74) is 1.18. The molecule has 0 amide bonds. The monoisotopic (exact) mass is 148 g/mol. The van der Waals surface area contributed by atoms with E-state index < -0.39 is 0 Å². The first-order chi connectivity index (χ1) is 5.47. The van der Waals surface area contributed by atoms with Crippen LogP contribution in [0.2, 0.25) is 0 Å². The molecule has 0 atom stereocenters. The predicted molar refractivity (Wildman–Crippen MR) is 40.5 cm³/mol. The van der Waals surface area contributed by atoms with E-state index in [2.05, 4.69) is 26.7 Å². The minimum Gasteiger partial charge on any atom is -0.239 e. The summed E-state index contributed by atoms with van der Waals surface area (Å²) in [6, 6.07) is 0. The second-order valence-electron chi connectivity index (χ2n) is 2.41. The van der Waals surface area contributed by atoms with Crippen molar-refractivity contribution in [3.63, 3.8) is 0 Å². The van der Waals surface area contributed by atoms with E-state index in [-0.39, 0.29) is 0 Å². The molecule has 0 aliphatic heterocycles. The van der Waals surface area contributed by atoms with Crippen molar-refractivity contribution in [3.05, 3.63) is 24.1 Å². The van der Waals surface area contributed by atoms with E-state index in [1.807, 2.05) is 12.2 Å². The van der Waals surface area contributed by atoms with E-state index in [1.54, 1.807) is 0 Å². The highest BCUT2D eigenvalue weighted by Crippen LogP contribution is 2.18. The van der Waals surface area contributed by atoms with Gasteiger partial charge in [0.15, 0.2) is 5.82 Å². The summed E-state index contributed by atoms with van der Waals surface area (Å²) in [5, 5.41) is 13.6. The normalized spacial score (nSPS) is 16.5. The van der Waals surface area contributed by atoms with Crippen LogP contribution >= 0.6 is 0 Å². The number of nitrogens with zero attached hydrogens (tertiary/aromatic N) is 3. The van der Waals surface area contributed by atoms with Crippen molar-refractivity contribution < 1.29 is 0 Å². The molecule has 1 aromatic rings. The Morgan fingerprint density at radius 1 is 1.45 bits per heavy atom. The van der Waals surface area contributed by atoms with Gasteiger partial charge in [-0.05, 0) is 28.8 Å². The second-order valence-corrected chi connectivity index (χ2v) is 2.41. The maximum atomic E-state index is 3.82. The van der Waals surface area contributed by atoms with Crippen LogP contribution in [-0.2, 0) is 0 Å². The molecule has 0 radical (unpaired) electrons. The fraction of sp³-hybridized carbons (Fsp3) is 0.286. The summed E-state index contributed by atoms with van der Waals surface area (Å²) in [6.45, 7) is 0. The maximum absolute atomic E-state index is 3.82. The average Bonchev–Trinajstić information content (AvgIpc) is 2.58. The van der Waals surface area contributed by atoms with Gasteiger partial charge in [0.2, 0.25) is 0 Å². The van der Waals surface area contributed by atoms with E-state index in [4.69, 9.17) is 0 Å². The van der Waals surface area contributed by atoms with Gasteiger partial charge in [0, 0.05) is 0 Å². The molecule has 1 aromatic heterocycles. The molecular formula is C7H8N4. The van der Waals surface area contributed by atoms with Crippen molar-refractivity contribution >= 4 is 5.57 Å². The van der Waals surface area contributed by atoms with Crippen molar-refractivity contribution in [1.29, 1.82) is 0 Å². The molecule has 1 aliphatic rings. The van der Waals surface area contributed by atoms with Gasteiger partial charge in [-0.15, -0.1) is 5.10 Å². The first-order valence-electron chi connectivity index (χ1n) is 3.56. The van der Waals surface area contributed by atoms with Crippen LogP contribution in [0.25, 0.3) is 5.57 Å². The summed E-state index contributed by atoms with van der Waals surface area (Å²) < 4.78 is 0. The zero-order chi connectivity index (χ0) is 7.52. The van der Waals surface area contributed by atoms with Gasteiger partial charge in [-0.1, -0.05) is 18.2 Å². The zero-order valence-electron chi connectivity index (χ0n) is 5.99. The summed E-state index contributed by atoms with van der Waals surface area (Å²) in [4.78, 5) is 0. The minimum atomic E-state index is 0.786. The Morgan fingerprint density at radius 2 is 2.45 bits per heavy atom. The van der Waals surface area contributed by atoms with Gasteiger partial charge < -0.3 is 0 Å². The van der Waals surface area contributed by atoms with Gasteiger partial charge >= 0.3 is 0 Å². The van der Waals surface area contributed by atoms with Crippen LogP contribution in [0.3, 0.4) is 0 Å². The molecule has 2 rings (SSSR count). The Kier molecular flexibility index (Phi) is 1.51. The standard InChI is InChI=1S/C7H8N4/c1-2-4-6(5-3-1)7-8-10-11-9-7/h1-2,4H,3,5H2,(H,8,9,10,11). The van der Waals surface area contributed by atoms with Crippen LogP contribution in [-0.4, -0.2) is 20.6 Å². The van der Waals surface area contributed by atoms with Crippen LogP contribution < -0.4 is 0 Å². The molecule has 0 spiro atoms. The molecular weight excluding hydrogens is 140 g/mol. The fourth-order valence-electron chi connectivity index (χ4n) is 1.10. The highest BCUT2D eigenvalue weighted by Gasteiger charge is 2.05. The molecule has 1 heterocycles. The quantitative estimate of drug-likeness (QED) is 0.644. The van der Waals surface area contributed by atoms with E-state index >= 15 is 0 Å². The number of H-pyrrole nitrogens is 1. The second kappa shape index (κ2) is 2.65. The number of rotatable bonds is 1. The third-order valence-electron chi connectivity index (χ3n) is 1.66. The van der Waals surface area contributed by atoms with Crippen LogP contribution in [0.5, 0.6) is 0 Å². The molecule has 1 aliphatic carbocycles. The number of nitrogens with one attached hydrogen (secondary N) is 1. The van der Waals surface area contributed by atoms with Crippen LogP contribution in [0.15, 0.2) is 18.2 Å². The van der Waals surface area contributed by atoms with Gasteiger partial charge in [-0.25, -0.2) is 5.10 Å². The van der Waals surface area contributed by atoms with E-state index in [0.717, 1.165) is 18.7 Å². The molecule has 1 N–H and O–H groups in total. The largest absolute Gasteiger partial charge is 0.239 e. The molecule has 0 saturated heterocycles. The Hall–Kier alpha value is -1.45. The van der Waals surface area contributed by atoms with Crippen molar-refractivity contribution in [3.8, 4) is 0 Å². The Labute approximate surface area is 64.0 Å². The van der Waals surface area contributed by atoms with E-state index in [0.29, 0.717) is 0 Å². The predicted octanol–water partition coefficient (Wildman–Crippen LogP) is 0.933. The number of hydrogen-bond acceptors (Lipinski definition) is 3. The first kappa shape index (κ1) is 6.27. The third-order valence-corrected chi connectivity index (χ3v) is 1.66. The third kappa shape index (κ3) is 1.19. The number of allylic oxidation sites excluding steroid dienone is 4. The van der Waals surface area contributed by atoms with Crippen LogP contribution in [0.1, 0.15) is 18.7 Å². The van der Waals surface area contributed by atoms with Crippen LogP contribution in [0, 0.1) is 0 Å². The SMILES string of the molecule is C1=CCCC(c2nnn[nH]2)=C1. The maximum Gasteiger partial charge on any atom is 0.175 e. The lowest BCUT2D eigenvalue weighted by molar-refractivity contribution is 0.881. The smallest absolute Gasteiger partial charge is 0.175 e. The number of tetrazole rings is 1. The van der Waals surface area contributed by atoms with E-state index in [9.17, 15) is 0 Å². The highest BCUT2D eigenvalue weighted by atomic mass is 15.5. The number of aromatic nitrogens is 4. The summed E-state index contributed by atoms with van der Waals surface area (Å²) >= 11 is 0. The highest BCUT2D eigenvalue weighted by molar-refractivity contribution is 5.62. The molecule has 4 heteroatoms. The summed E-state index contributed by atoms with van der Waals surface area (Å²) in [7, 11) is 0. The topological polar surface area (TPSA) is 54.5 Å². The lowest BCUT2D eigenvalue weighted by atomic mass is 10.1. The molecule has 11 heavy (non-hydrogen) atoms. The zero-order valence-corrected chi connectivity index (χ0v) is 5.99. The molecule has 4 nitrogen and oxygen atoms in total. The summed E-state index contributed by atoms with van der Waals surface area (Å²) in [6.07, 6.45) is 8.29. The lowest BCUT2D eigenvalue weighted by Crippen LogP contribution is -1.90. The Balaban J connectivity index is 2.29. The molecule has 0 saturated carbocycles. The number of hydrogen-bond donors (Lipinski definition) is 1. The molecule has 0 unspecified atom stereocenters. The van der Waals surface area contributed by atoms with E-state index in [1.165, 1.54) is 5.57 Å². The molecule has 0 fully saturated rings. The minimum absolute atomic E-state index is 0.786. The van der Waals surface area contributed by atoms with Crippen molar-refractivity contribution in [1.82, 2.24) is 20.6 Å².